The SMILES string of the molecule is COC(C1CCCCC1)C(NN)c1c(F)ccc(Br)c1F. The van der Waals surface area contributed by atoms with E-state index in [1.807, 2.05) is 0 Å². The summed E-state index contributed by atoms with van der Waals surface area (Å²) in [7, 11) is 1.57. The molecule has 118 valence electrons. The Labute approximate surface area is 132 Å². The van der Waals surface area contributed by atoms with E-state index in [9.17, 15) is 8.78 Å². The van der Waals surface area contributed by atoms with Gasteiger partial charge in [0.1, 0.15) is 11.6 Å². The first-order valence-electron chi connectivity index (χ1n) is 7.22. The molecular weight excluding hydrogens is 342 g/mol. The molecule has 3 nitrogen and oxygen atoms in total. The maximum atomic E-state index is 14.3. The highest BCUT2D eigenvalue weighted by molar-refractivity contribution is 9.10. The van der Waals surface area contributed by atoms with Gasteiger partial charge in [-0.25, -0.2) is 8.78 Å². The molecule has 0 spiro atoms. The molecule has 3 N–H and O–H groups in total. The molecule has 2 rings (SSSR count). The highest BCUT2D eigenvalue weighted by atomic mass is 79.9. The molecule has 1 aliphatic rings. The number of halogens is 3. The van der Waals surface area contributed by atoms with Gasteiger partial charge in [0.2, 0.25) is 0 Å². The molecule has 0 amide bonds. The van der Waals surface area contributed by atoms with Crippen LogP contribution in [0, 0.1) is 17.6 Å². The van der Waals surface area contributed by atoms with Crippen molar-refractivity contribution in [2.75, 3.05) is 7.11 Å². The summed E-state index contributed by atoms with van der Waals surface area (Å²) in [4.78, 5) is 0. The molecule has 0 saturated heterocycles. The summed E-state index contributed by atoms with van der Waals surface area (Å²) in [5.74, 6) is 4.61. The zero-order valence-corrected chi connectivity index (χ0v) is 13.6. The number of hydrogen-bond acceptors (Lipinski definition) is 3. The van der Waals surface area contributed by atoms with E-state index in [1.54, 1.807) is 7.11 Å². The molecule has 0 radical (unpaired) electrons. The van der Waals surface area contributed by atoms with Crippen molar-refractivity contribution < 1.29 is 13.5 Å². The van der Waals surface area contributed by atoms with Gasteiger partial charge in [-0.1, -0.05) is 19.3 Å². The summed E-state index contributed by atoms with van der Waals surface area (Å²) in [5, 5.41) is 0. The maximum absolute atomic E-state index is 14.3. The van der Waals surface area contributed by atoms with Gasteiger partial charge in [-0.2, -0.15) is 0 Å². The van der Waals surface area contributed by atoms with E-state index in [4.69, 9.17) is 10.6 Å². The van der Waals surface area contributed by atoms with Gasteiger partial charge in [-0.05, 0) is 46.8 Å². The maximum Gasteiger partial charge on any atom is 0.145 e. The molecule has 21 heavy (non-hydrogen) atoms. The third-order valence-corrected chi connectivity index (χ3v) is 4.90. The number of methoxy groups -OCH3 is 1. The predicted molar refractivity (Wildman–Crippen MR) is 81.5 cm³/mol. The van der Waals surface area contributed by atoms with Crippen LogP contribution in [0.5, 0.6) is 0 Å². The molecule has 6 heteroatoms. The highest BCUT2D eigenvalue weighted by Crippen LogP contribution is 2.36. The average Bonchev–Trinajstić information content (AvgIpc) is 2.51. The number of benzene rings is 1. The van der Waals surface area contributed by atoms with Crippen molar-refractivity contribution in [3.63, 3.8) is 0 Å². The van der Waals surface area contributed by atoms with Gasteiger partial charge in [-0.3, -0.25) is 11.3 Å². The van der Waals surface area contributed by atoms with E-state index < -0.39 is 17.7 Å². The Morgan fingerprint density at radius 1 is 1.29 bits per heavy atom. The van der Waals surface area contributed by atoms with Crippen LogP contribution in [0.2, 0.25) is 0 Å². The second-order valence-corrected chi connectivity index (χ2v) is 6.35. The third-order valence-electron chi connectivity index (χ3n) is 4.29. The minimum Gasteiger partial charge on any atom is -0.379 e. The van der Waals surface area contributed by atoms with Gasteiger partial charge in [-0.15, -0.1) is 0 Å². The molecule has 1 fully saturated rings. The van der Waals surface area contributed by atoms with Crippen molar-refractivity contribution in [1.29, 1.82) is 0 Å². The van der Waals surface area contributed by atoms with Crippen molar-refractivity contribution >= 4 is 15.9 Å². The summed E-state index contributed by atoms with van der Waals surface area (Å²) >= 11 is 3.09. The summed E-state index contributed by atoms with van der Waals surface area (Å²) in [5.41, 5.74) is 2.48. The van der Waals surface area contributed by atoms with Crippen molar-refractivity contribution in [3.05, 3.63) is 33.8 Å². The van der Waals surface area contributed by atoms with E-state index in [0.717, 1.165) is 25.7 Å². The Morgan fingerprint density at radius 2 is 1.95 bits per heavy atom. The molecule has 1 saturated carbocycles. The topological polar surface area (TPSA) is 47.3 Å². The smallest absolute Gasteiger partial charge is 0.145 e. The van der Waals surface area contributed by atoms with Crippen LogP contribution in [0.3, 0.4) is 0 Å². The van der Waals surface area contributed by atoms with E-state index in [2.05, 4.69) is 21.4 Å². The van der Waals surface area contributed by atoms with Gasteiger partial charge < -0.3 is 4.74 Å². The fourth-order valence-electron chi connectivity index (χ4n) is 3.23. The van der Waals surface area contributed by atoms with E-state index in [1.165, 1.54) is 18.6 Å². The molecule has 0 aliphatic heterocycles. The van der Waals surface area contributed by atoms with Crippen LogP contribution in [0.4, 0.5) is 8.78 Å². The number of nitrogens with two attached hydrogens (primary N) is 1. The number of hydrazine groups is 1. The van der Waals surface area contributed by atoms with Crippen LogP contribution in [0.1, 0.15) is 43.7 Å². The van der Waals surface area contributed by atoms with E-state index in [0.29, 0.717) is 0 Å². The second-order valence-electron chi connectivity index (χ2n) is 5.50. The minimum atomic E-state index is -0.712. The number of ether oxygens (including phenoxy) is 1. The lowest BCUT2D eigenvalue weighted by molar-refractivity contribution is 0.00570. The van der Waals surface area contributed by atoms with Gasteiger partial charge in [0.05, 0.1) is 16.6 Å². The third kappa shape index (κ3) is 3.62. The van der Waals surface area contributed by atoms with Crippen molar-refractivity contribution in [1.82, 2.24) is 5.43 Å². The highest BCUT2D eigenvalue weighted by Gasteiger charge is 2.34. The van der Waals surface area contributed by atoms with Gasteiger partial charge in [0.15, 0.2) is 0 Å². The van der Waals surface area contributed by atoms with Crippen molar-refractivity contribution in [3.8, 4) is 0 Å². The molecule has 0 aromatic heterocycles. The lowest BCUT2D eigenvalue weighted by atomic mass is 9.81. The van der Waals surface area contributed by atoms with Crippen LogP contribution in [0.15, 0.2) is 16.6 Å². The number of nitrogens with one attached hydrogen (secondary N) is 1. The standard InChI is InChI=1S/C15H21BrF2N2O/c1-21-15(9-5-3-2-4-6-9)14(20-19)12-11(17)8-7-10(16)13(12)18/h7-9,14-15,20H,2-6,19H2,1H3. The summed E-state index contributed by atoms with van der Waals surface area (Å²) in [6.07, 6.45) is 5.07. The number of hydrogen-bond donors (Lipinski definition) is 2. The Kier molecular flexibility index (Phi) is 6.10. The van der Waals surface area contributed by atoms with Crippen molar-refractivity contribution in [2.45, 2.75) is 44.2 Å². The second kappa shape index (κ2) is 7.63. The van der Waals surface area contributed by atoms with Crippen LogP contribution in [-0.2, 0) is 4.74 Å². The van der Waals surface area contributed by atoms with E-state index >= 15 is 0 Å². The molecule has 1 aromatic carbocycles. The van der Waals surface area contributed by atoms with E-state index in [-0.39, 0.29) is 22.1 Å². The molecule has 1 aromatic rings. The van der Waals surface area contributed by atoms with Gasteiger partial charge in [0, 0.05) is 12.7 Å². The summed E-state index contributed by atoms with van der Waals surface area (Å²) in [6.45, 7) is 0. The first-order valence-corrected chi connectivity index (χ1v) is 8.01. The minimum absolute atomic E-state index is 0.0655. The first-order chi connectivity index (χ1) is 10.1. The Bertz CT molecular complexity index is 481. The molecular formula is C15H21BrF2N2O. The monoisotopic (exact) mass is 362 g/mol. The van der Waals surface area contributed by atoms with Crippen molar-refractivity contribution in [2.24, 2.45) is 11.8 Å². The molecule has 2 unspecified atom stereocenters. The first kappa shape index (κ1) is 16.8. The lowest BCUT2D eigenvalue weighted by Crippen LogP contribution is -2.43. The molecule has 2 atom stereocenters. The van der Waals surface area contributed by atoms with Crippen LogP contribution < -0.4 is 11.3 Å². The Morgan fingerprint density at radius 3 is 2.52 bits per heavy atom. The average molecular weight is 363 g/mol. The molecule has 0 bridgehead atoms. The zero-order valence-electron chi connectivity index (χ0n) is 12.0. The molecule has 1 aliphatic carbocycles. The van der Waals surface area contributed by atoms with Crippen LogP contribution in [0.25, 0.3) is 0 Å². The fourth-order valence-corrected chi connectivity index (χ4v) is 3.58. The Balaban J connectivity index is 2.35. The molecule has 0 heterocycles. The summed E-state index contributed by atoms with van der Waals surface area (Å²) < 4.78 is 34.2. The largest absolute Gasteiger partial charge is 0.379 e. The normalized spacial score (nSPS) is 19.5. The predicted octanol–water partition coefficient (Wildman–Crippen LogP) is 3.83. The quantitative estimate of drug-likeness (QED) is 0.475. The lowest BCUT2D eigenvalue weighted by Gasteiger charge is -2.35. The van der Waals surface area contributed by atoms with Crippen LogP contribution in [-0.4, -0.2) is 13.2 Å². The number of rotatable bonds is 5. The zero-order chi connectivity index (χ0) is 15.4. The summed E-state index contributed by atoms with van der Waals surface area (Å²) in [6, 6.07) is 1.88. The Hall–Kier alpha value is -0.560. The van der Waals surface area contributed by atoms with Gasteiger partial charge >= 0.3 is 0 Å². The fraction of sp³-hybridized carbons (Fsp3) is 0.600. The van der Waals surface area contributed by atoms with Crippen LogP contribution >= 0.6 is 15.9 Å². The van der Waals surface area contributed by atoms with Gasteiger partial charge in [0.25, 0.3) is 0 Å².